The number of methoxy groups -OCH3 is 1. The number of benzene rings is 3. The molecule has 0 bridgehead atoms. The summed E-state index contributed by atoms with van der Waals surface area (Å²) >= 11 is 0. The van der Waals surface area contributed by atoms with Crippen molar-refractivity contribution in [3.05, 3.63) is 90.0 Å². The zero-order chi connectivity index (χ0) is 22.1. The first kappa shape index (κ1) is 21.8. The van der Waals surface area contributed by atoms with Crippen LogP contribution in [0.5, 0.6) is 5.75 Å². The summed E-state index contributed by atoms with van der Waals surface area (Å²) in [5.74, 6) is -0.744. The first-order valence-corrected chi connectivity index (χ1v) is 9.84. The molecule has 0 aliphatic carbocycles. The molecule has 3 rings (SSSR count). The Morgan fingerprint density at radius 1 is 0.806 bits per heavy atom. The zero-order valence-corrected chi connectivity index (χ0v) is 17.2. The number of hydrogen-bond acceptors (Lipinski definition) is 5. The fourth-order valence-electron chi connectivity index (χ4n) is 2.99. The largest absolute Gasteiger partial charge is 0.496 e. The van der Waals surface area contributed by atoms with Crippen LogP contribution in [-0.2, 0) is 9.53 Å². The van der Waals surface area contributed by atoms with Crippen LogP contribution in [0, 0.1) is 0 Å². The van der Waals surface area contributed by atoms with E-state index in [1.807, 2.05) is 42.5 Å². The second-order valence-corrected chi connectivity index (χ2v) is 6.73. The van der Waals surface area contributed by atoms with Crippen molar-refractivity contribution in [1.29, 1.82) is 0 Å². The van der Waals surface area contributed by atoms with E-state index >= 15 is 0 Å². The van der Waals surface area contributed by atoms with Crippen LogP contribution in [0.1, 0.15) is 27.1 Å². The van der Waals surface area contributed by atoms with E-state index in [9.17, 15) is 14.4 Å². The molecular formula is C25H23NO5. The molecule has 3 aromatic carbocycles. The van der Waals surface area contributed by atoms with E-state index in [0.29, 0.717) is 16.9 Å². The smallest absolute Gasteiger partial charge is 0.308 e. The van der Waals surface area contributed by atoms with Gasteiger partial charge in [0.05, 0.1) is 19.1 Å². The minimum Gasteiger partial charge on any atom is -0.496 e. The topological polar surface area (TPSA) is 81.7 Å². The van der Waals surface area contributed by atoms with Crippen LogP contribution in [0.15, 0.2) is 78.9 Å². The number of amides is 1. The maximum absolute atomic E-state index is 12.3. The number of carbonyl (C=O) groups excluding carboxylic acids is 3. The van der Waals surface area contributed by atoms with Crippen molar-refractivity contribution in [3.63, 3.8) is 0 Å². The molecule has 0 aromatic heterocycles. The van der Waals surface area contributed by atoms with Crippen LogP contribution >= 0.6 is 0 Å². The van der Waals surface area contributed by atoms with E-state index in [-0.39, 0.29) is 31.3 Å². The lowest BCUT2D eigenvalue weighted by Crippen LogP contribution is -2.27. The van der Waals surface area contributed by atoms with Gasteiger partial charge in [0, 0.05) is 12.1 Å². The third kappa shape index (κ3) is 6.02. The predicted molar refractivity (Wildman–Crippen MR) is 117 cm³/mol. The molecule has 0 heterocycles. The highest BCUT2D eigenvalue weighted by Gasteiger charge is 2.13. The van der Waals surface area contributed by atoms with Crippen LogP contribution in [0.4, 0.5) is 0 Å². The van der Waals surface area contributed by atoms with Gasteiger partial charge in [-0.25, -0.2) is 0 Å². The number of rotatable bonds is 9. The third-order valence-corrected chi connectivity index (χ3v) is 4.64. The molecule has 31 heavy (non-hydrogen) atoms. The molecule has 0 saturated heterocycles. The van der Waals surface area contributed by atoms with Gasteiger partial charge in [-0.3, -0.25) is 14.4 Å². The molecule has 0 aliphatic heterocycles. The SMILES string of the molecule is COc1ccccc1C(=O)NCCC(=O)OCC(=O)c1ccc(-c2ccccc2)cc1. The lowest BCUT2D eigenvalue weighted by atomic mass is 10.0. The third-order valence-electron chi connectivity index (χ3n) is 4.64. The van der Waals surface area contributed by atoms with Gasteiger partial charge in [-0.1, -0.05) is 66.7 Å². The van der Waals surface area contributed by atoms with Crippen LogP contribution in [0.2, 0.25) is 0 Å². The average molecular weight is 417 g/mol. The Bertz CT molecular complexity index is 1050. The Balaban J connectivity index is 1.43. The molecule has 0 unspecified atom stereocenters. The highest BCUT2D eigenvalue weighted by Crippen LogP contribution is 2.19. The van der Waals surface area contributed by atoms with E-state index in [2.05, 4.69) is 5.32 Å². The number of para-hydroxylation sites is 1. The maximum atomic E-state index is 12.3. The van der Waals surface area contributed by atoms with Gasteiger partial charge in [0.25, 0.3) is 5.91 Å². The van der Waals surface area contributed by atoms with Gasteiger partial charge in [-0.15, -0.1) is 0 Å². The average Bonchev–Trinajstić information content (AvgIpc) is 2.83. The summed E-state index contributed by atoms with van der Waals surface area (Å²) < 4.78 is 10.2. The Hall–Kier alpha value is -3.93. The van der Waals surface area contributed by atoms with Gasteiger partial charge >= 0.3 is 5.97 Å². The summed E-state index contributed by atoms with van der Waals surface area (Å²) in [5.41, 5.74) is 2.91. The minimum atomic E-state index is -0.561. The maximum Gasteiger partial charge on any atom is 0.308 e. The number of hydrogen-bond donors (Lipinski definition) is 1. The molecule has 6 nitrogen and oxygen atoms in total. The molecule has 3 aromatic rings. The van der Waals surface area contributed by atoms with Gasteiger partial charge in [0.15, 0.2) is 12.4 Å². The van der Waals surface area contributed by atoms with Gasteiger partial charge in [-0.05, 0) is 23.3 Å². The lowest BCUT2D eigenvalue weighted by Gasteiger charge is -2.09. The van der Waals surface area contributed by atoms with E-state index in [4.69, 9.17) is 9.47 Å². The summed E-state index contributed by atoms with van der Waals surface area (Å²) in [6.07, 6.45) is -0.0406. The standard InChI is InChI=1S/C25H23NO5/c1-30-23-10-6-5-9-21(23)25(29)26-16-15-24(28)31-17-22(27)20-13-11-19(12-14-20)18-7-3-2-4-8-18/h2-14H,15-17H2,1H3,(H,26,29). The predicted octanol–water partition coefficient (Wildman–Crippen LogP) is 3.91. The van der Waals surface area contributed by atoms with Crippen LogP contribution in [0.25, 0.3) is 11.1 Å². The van der Waals surface area contributed by atoms with Crippen LogP contribution < -0.4 is 10.1 Å². The monoisotopic (exact) mass is 417 g/mol. The van der Waals surface area contributed by atoms with Gasteiger partial charge in [0.2, 0.25) is 0 Å². The van der Waals surface area contributed by atoms with Crippen molar-refractivity contribution in [2.45, 2.75) is 6.42 Å². The van der Waals surface area contributed by atoms with Gasteiger partial charge in [0.1, 0.15) is 5.75 Å². The molecular weight excluding hydrogens is 394 g/mol. The molecule has 158 valence electrons. The first-order chi connectivity index (χ1) is 15.1. The highest BCUT2D eigenvalue weighted by molar-refractivity contribution is 5.98. The van der Waals surface area contributed by atoms with Gasteiger partial charge in [-0.2, -0.15) is 0 Å². The molecule has 0 radical (unpaired) electrons. The second-order valence-electron chi connectivity index (χ2n) is 6.73. The summed E-state index contributed by atoms with van der Waals surface area (Å²) in [4.78, 5) is 36.4. The zero-order valence-electron chi connectivity index (χ0n) is 17.2. The number of carbonyl (C=O) groups is 3. The Labute approximate surface area is 180 Å². The Kier molecular flexibility index (Phi) is 7.54. The quantitative estimate of drug-likeness (QED) is 0.422. The minimum absolute atomic E-state index is 0.0406. The summed E-state index contributed by atoms with van der Waals surface area (Å²) in [5, 5.41) is 2.64. The van der Waals surface area contributed by atoms with Crippen molar-refractivity contribution < 1.29 is 23.9 Å². The van der Waals surface area contributed by atoms with Crippen molar-refractivity contribution in [1.82, 2.24) is 5.32 Å². The van der Waals surface area contributed by atoms with Crippen molar-refractivity contribution in [3.8, 4) is 16.9 Å². The normalized spacial score (nSPS) is 10.2. The van der Waals surface area contributed by atoms with Crippen molar-refractivity contribution >= 4 is 17.7 Å². The molecule has 1 N–H and O–H groups in total. The Morgan fingerprint density at radius 3 is 2.16 bits per heavy atom. The molecule has 0 fully saturated rings. The van der Waals surface area contributed by atoms with Gasteiger partial charge < -0.3 is 14.8 Å². The van der Waals surface area contributed by atoms with E-state index < -0.39 is 5.97 Å². The molecule has 0 saturated carbocycles. The van der Waals surface area contributed by atoms with E-state index in [1.165, 1.54) is 7.11 Å². The Morgan fingerprint density at radius 2 is 1.45 bits per heavy atom. The molecule has 0 atom stereocenters. The van der Waals surface area contributed by atoms with Crippen molar-refractivity contribution in [2.24, 2.45) is 0 Å². The molecule has 0 aliphatic rings. The summed E-state index contributed by atoms with van der Waals surface area (Å²) in [6, 6.07) is 23.8. The summed E-state index contributed by atoms with van der Waals surface area (Å²) in [7, 11) is 1.48. The van der Waals surface area contributed by atoms with Crippen molar-refractivity contribution in [2.75, 3.05) is 20.3 Å². The molecule has 0 spiro atoms. The number of ether oxygens (including phenoxy) is 2. The fourth-order valence-corrected chi connectivity index (χ4v) is 2.99. The van der Waals surface area contributed by atoms with Crippen LogP contribution in [-0.4, -0.2) is 37.9 Å². The van der Waals surface area contributed by atoms with E-state index in [1.54, 1.807) is 36.4 Å². The second kappa shape index (κ2) is 10.7. The number of Topliss-reactive ketones (excluding diaryl/α,β-unsaturated/α-hetero) is 1. The molecule has 1 amide bonds. The lowest BCUT2D eigenvalue weighted by molar-refractivity contribution is -0.142. The first-order valence-electron chi connectivity index (χ1n) is 9.84. The highest BCUT2D eigenvalue weighted by atomic mass is 16.5. The van der Waals surface area contributed by atoms with Crippen LogP contribution in [0.3, 0.4) is 0 Å². The number of nitrogens with one attached hydrogen (secondary N) is 1. The number of esters is 1. The number of ketones is 1. The fraction of sp³-hybridized carbons (Fsp3) is 0.160. The van der Waals surface area contributed by atoms with E-state index in [0.717, 1.165) is 11.1 Å². The summed E-state index contributed by atoms with van der Waals surface area (Å²) in [6.45, 7) is -0.250. The molecule has 6 heteroatoms.